The maximum absolute atomic E-state index is 5.25. The SMILES string of the molecule is c1ccc(-c2nc3ccccc3nc2-n2c3cc4ccccc4cc3c3c4ccccc4ccc32)cc1. The number of hydrogen-bond donors (Lipinski definition) is 0. The van der Waals surface area contributed by atoms with Crippen molar-refractivity contribution in [3.8, 4) is 17.1 Å². The summed E-state index contributed by atoms with van der Waals surface area (Å²) < 4.78 is 2.31. The van der Waals surface area contributed by atoms with Gasteiger partial charge in [0.25, 0.3) is 0 Å². The number of aromatic nitrogens is 3. The lowest BCUT2D eigenvalue weighted by Crippen LogP contribution is -2.03. The van der Waals surface area contributed by atoms with Crippen LogP contribution in [0.2, 0.25) is 0 Å². The Morgan fingerprint density at radius 3 is 1.92 bits per heavy atom. The zero-order valence-corrected chi connectivity index (χ0v) is 20.0. The van der Waals surface area contributed by atoms with Crippen molar-refractivity contribution >= 4 is 54.4 Å². The van der Waals surface area contributed by atoms with Gasteiger partial charge in [-0.1, -0.05) is 97.1 Å². The minimum Gasteiger partial charge on any atom is -0.292 e. The number of benzene rings is 6. The molecule has 0 N–H and O–H groups in total. The van der Waals surface area contributed by atoms with Crippen LogP contribution in [0.3, 0.4) is 0 Å². The zero-order valence-electron chi connectivity index (χ0n) is 20.0. The van der Waals surface area contributed by atoms with Crippen molar-refractivity contribution in [2.75, 3.05) is 0 Å². The predicted molar refractivity (Wildman–Crippen MR) is 154 cm³/mol. The number of fused-ring (bicyclic) bond motifs is 7. The number of para-hydroxylation sites is 2. The predicted octanol–water partition coefficient (Wildman–Crippen LogP) is 8.70. The summed E-state index contributed by atoms with van der Waals surface area (Å²) in [6, 6.07) is 44.8. The van der Waals surface area contributed by atoms with Crippen LogP contribution in [0.1, 0.15) is 0 Å². The van der Waals surface area contributed by atoms with Gasteiger partial charge in [0.1, 0.15) is 5.69 Å². The Balaban J connectivity index is 1.61. The first-order valence-corrected chi connectivity index (χ1v) is 12.5. The van der Waals surface area contributed by atoms with Crippen LogP contribution in [-0.4, -0.2) is 14.5 Å². The molecule has 172 valence electrons. The first-order valence-electron chi connectivity index (χ1n) is 12.5. The van der Waals surface area contributed by atoms with Crippen LogP contribution >= 0.6 is 0 Å². The average Bonchev–Trinajstić information content (AvgIpc) is 3.29. The van der Waals surface area contributed by atoms with E-state index < -0.39 is 0 Å². The Morgan fingerprint density at radius 1 is 0.459 bits per heavy atom. The summed E-state index contributed by atoms with van der Waals surface area (Å²) in [4.78, 5) is 10.4. The van der Waals surface area contributed by atoms with E-state index in [4.69, 9.17) is 9.97 Å². The Morgan fingerprint density at radius 2 is 1.11 bits per heavy atom. The highest BCUT2D eigenvalue weighted by Crippen LogP contribution is 2.40. The number of rotatable bonds is 2. The Kier molecular flexibility index (Phi) is 4.23. The molecule has 8 aromatic rings. The summed E-state index contributed by atoms with van der Waals surface area (Å²) in [6.45, 7) is 0. The normalized spacial score (nSPS) is 11.8. The Bertz CT molecular complexity index is 2140. The largest absolute Gasteiger partial charge is 0.292 e. The zero-order chi connectivity index (χ0) is 24.3. The molecule has 0 bridgehead atoms. The lowest BCUT2D eigenvalue weighted by atomic mass is 10.0. The van der Waals surface area contributed by atoms with E-state index in [1.807, 2.05) is 30.3 Å². The van der Waals surface area contributed by atoms with Crippen molar-refractivity contribution in [3.63, 3.8) is 0 Å². The maximum atomic E-state index is 5.25. The Hall–Kier alpha value is -5.02. The summed E-state index contributed by atoms with van der Waals surface area (Å²) in [5.74, 6) is 0.843. The number of nitrogens with zero attached hydrogens (tertiary/aromatic N) is 3. The quantitative estimate of drug-likeness (QED) is 0.252. The van der Waals surface area contributed by atoms with Crippen molar-refractivity contribution in [3.05, 3.63) is 127 Å². The monoisotopic (exact) mass is 471 g/mol. The van der Waals surface area contributed by atoms with Gasteiger partial charge in [-0.3, -0.25) is 4.57 Å². The second-order valence-corrected chi connectivity index (χ2v) is 9.48. The van der Waals surface area contributed by atoms with E-state index in [1.54, 1.807) is 0 Å². The van der Waals surface area contributed by atoms with Crippen LogP contribution in [0.4, 0.5) is 0 Å². The summed E-state index contributed by atoms with van der Waals surface area (Å²) in [7, 11) is 0. The van der Waals surface area contributed by atoms with Gasteiger partial charge in [-0.25, -0.2) is 9.97 Å². The molecule has 0 unspecified atom stereocenters. The molecule has 0 amide bonds. The van der Waals surface area contributed by atoms with Gasteiger partial charge in [0.15, 0.2) is 5.82 Å². The fourth-order valence-electron chi connectivity index (χ4n) is 5.64. The molecule has 0 aliphatic carbocycles. The van der Waals surface area contributed by atoms with Crippen molar-refractivity contribution in [2.45, 2.75) is 0 Å². The highest BCUT2D eigenvalue weighted by molar-refractivity contribution is 6.23. The molecule has 0 atom stereocenters. The van der Waals surface area contributed by atoms with Gasteiger partial charge in [0.05, 0.1) is 22.1 Å². The van der Waals surface area contributed by atoms with Gasteiger partial charge in [0.2, 0.25) is 0 Å². The number of hydrogen-bond acceptors (Lipinski definition) is 2. The molecule has 37 heavy (non-hydrogen) atoms. The highest BCUT2D eigenvalue weighted by atomic mass is 15.1. The van der Waals surface area contributed by atoms with Gasteiger partial charge in [-0.15, -0.1) is 0 Å². The molecule has 0 saturated carbocycles. The maximum Gasteiger partial charge on any atom is 0.165 e. The third kappa shape index (κ3) is 3.01. The van der Waals surface area contributed by atoms with Crippen LogP contribution in [0, 0.1) is 0 Å². The summed E-state index contributed by atoms with van der Waals surface area (Å²) >= 11 is 0. The lowest BCUT2D eigenvalue weighted by molar-refractivity contribution is 1.08. The molecule has 0 saturated heterocycles. The van der Waals surface area contributed by atoms with Gasteiger partial charge < -0.3 is 0 Å². The van der Waals surface area contributed by atoms with E-state index in [0.29, 0.717) is 0 Å². The lowest BCUT2D eigenvalue weighted by Gasteiger charge is -2.14. The van der Waals surface area contributed by atoms with Crippen molar-refractivity contribution in [1.82, 2.24) is 14.5 Å². The van der Waals surface area contributed by atoms with Crippen molar-refractivity contribution < 1.29 is 0 Å². The van der Waals surface area contributed by atoms with Gasteiger partial charge in [-0.05, 0) is 51.9 Å². The topological polar surface area (TPSA) is 30.7 Å². The van der Waals surface area contributed by atoms with Gasteiger partial charge >= 0.3 is 0 Å². The van der Waals surface area contributed by atoms with Gasteiger partial charge in [0, 0.05) is 16.3 Å². The third-order valence-electron chi connectivity index (χ3n) is 7.33. The van der Waals surface area contributed by atoms with Gasteiger partial charge in [-0.2, -0.15) is 0 Å². The minimum absolute atomic E-state index is 0.843. The van der Waals surface area contributed by atoms with E-state index in [-0.39, 0.29) is 0 Å². The smallest absolute Gasteiger partial charge is 0.165 e. The standard InChI is InChI=1S/C34H21N3/c1-2-11-23(12-3-1)33-34(36-29-17-9-8-16-28(29)35-33)37-30-19-18-22-10-6-7-15-26(22)32(30)27-20-24-13-4-5-14-25(24)21-31(27)37/h1-21H. The molecule has 0 fully saturated rings. The average molecular weight is 472 g/mol. The first-order chi connectivity index (χ1) is 18.3. The molecule has 8 rings (SSSR count). The van der Waals surface area contributed by atoms with Crippen LogP contribution in [0.15, 0.2) is 127 Å². The molecular weight excluding hydrogens is 450 g/mol. The van der Waals surface area contributed by atoms with Crippen LogP contribution < -0.4 is 0 Å². The molecular formula is C34H21N3. The molecule has 2 aromatic heterocycles. The van der Waals surface area contributed by atoms with E-state index in [0.717, 1.165) is 39.1 Å². The second kappa shape index (κ2) is 7.74. The van der Waals surface area contributed by atoms with Crippen molar-refractivity contribution in [1.29, 1.82) is 0 Å². The first kappa shape index (κ1) is 20.2. The van der Waals surface area contributed by atoms with E-state index in [2.05, 4.69) is 102 Å². The highest BCUT2D eigenvalue weighted by Gasteiger charge is 2.20. The molecule has 3 heteroatoms. The van der Waals surface area contributed by atoms with Crippen LogP contribution in [0.5, 0.6) is 0 Å². The fraction of sp³-hybridized carbons (Fsp3) is 0. The van der Waals surface area contributed by atoms with Crippen molar-refractivity contribution in [2.24, 2.45) is 0 Å². The van der Waals surface area contributed by atoms with E-state index in [9.17, 15) is 0 Å². The third-order valence-corrected chi connectivity index (χ3v) is 7.33. The van der Waals surface area contributed by atoms with Crippen LogP contribution in [-0.2, 0) is 0 Å². The molecule has 0 spiro atoms. The molecule has 2 heterocycles. The fourth-order valence-corrected chi connectivity index (χ4v) is 5.64. The minimum atomic E-state index is 0.843. The van der Waals surface area contributed by atoms with Crippen LogP contribution in [0.25, 0.3) is 71.5 Å². The molecule has 0 aliphatic rings. The summed E-state index contributed by atoms with van der Waals surface area (Å²) in [6.07, 6.45) is 0. The molecule has 3 nitrogen and oxygen atoms in total. The second-order valence-electron chi connectivity index (χ2n) is 9.48. The summed E-state index contributed by atoms with van der Waals surface area (Å²) in [5.41, 5.74) is 5.96. The molecule has 6 aromatic carbocycles. The van der Waals surface area contributed by atoms with E-state index in [1.165, 1.54) is 32.3 Å². The summed E-state index contributed by atoms with van der Waals surface area (Å²) in [5, 5.41) is 7.38. The Labute approximate surface area is 213 Å². The molecule has 0 radical (unpaired) electrons. The van der Waals surface area contributed by atoms with E-state index >= 15 is 0 Å². The molecule has 0 aliphatic heterocycles.